The quantitative estimate of drug-likeness (QED) is 0.820. The van der Waals surface area contributed by atoms with Crippen molar-refractivity contribution < 1.29 is 5.11 Å². The summed E-state index contributed by atoms with van der Waals surface area (Å²) < 4.78 is 1.65. The van der Waals surface area contributed by atoms with Gasteiger partial charge in [-0.2, -0.15) is 10.4 Å². The molecule has 0 saturated carbocycles. The van der Waals surface area contributed by atoms with E-state index >= 15 is 0 Å². The van der Waals surface area contributed by atoms with Crippen LogP contribution in [-0.4, -0.2) is 14.9 Å². The molecule has 1 aromatic rings. The summed E-state index contributed by atoms with van der Waals surface area (Å²) in [5, 5.41) is 23.4. The average Bonchev–Trinajstić information content (AvgIpc) is 2.55. The SMILES string of the molecule is CCC(C)(C#N)C(O)c1cn(C)nc1C. The summed E-state index contributed by atoms with van der Waals surface area (Å²) in [4.78, 5) is 0. The minimum atomic E-state index is -0.777. The second-order valence-electron chi connectivity index (χ2n) is 4.13. The molecule has 1 N–H and O–H groups in total. The van der Waals surface area contributed by atoms with Crippen LogP contribution in [0.4, 0.5) is 0 Å². The van der Waals surface area contributed by atoms with E-state index in [1.807, 2.05) is 13.8 Å². The van der Waals surface area contributed by atoms with E-state index < -0.39 is 11.5 Å². The van der Waals surface area contributed by atoms with Crippen LogP contribution in [0.25, 0.3) is 0 Å². The molecule has 0 radical (unpaired) electrons. The van der Waals surface area contributed by atoms with Crippen molar-refractivity contribution >= 4 is 0 Å². The van der Waals surface area contributed by atoms with Gasteiger partial charge in [0.25, 0.3) is 0 Å². The number of hydrogen-bond acceptors (Lipinski definition) is 3. The molecule has 15 heavy (non-hydrogen) atoms. The van der Waals surface area contributed by atoms with Gasteiger partial charge in [0.05, 0.1) is 17.2 Å². The zero-order valence-corrected chi connectivity index (χ0v) is 9.65. The second-order valence-corrected chi connectivity index (χ2v) is 4.13. The molecule has 4 nitrogen and oxygen atoms in total. The highest BCUT2D eigenvalue weighted by atomic mass is 16.3. The highest BCUT2D eigenvalue weighted by Crippen LogP contribution is 2.36. The summed E-state index contributed by atoms with van der Waals surface area (Å²) in [5.74, 6) is 0. The van der Waals surface area contributed by atoms with E-state index in [1.54, 1.807) is 24.9 Å². The van der Waals surface area contributed by atoms with Gasteiger partial charge in [0, 0.05) is 18.8 Å². The lowest BCUT2D eigenvalue weighted by atomic mass is 9.80. The molecule has 1 aromatic heterocycles. The van der Waals surface area contributed by atoms with Gasteiger partial charge in [-0.3, -0.25) is 4.68 Å². The molecule has 0 bridgehead atoms. The van der Waals surface area contributed by atoms with Crippen LogP contribution in [0.15, 0.2) is 6.20 Å². The van der Waals surface area contributed by atoms with Gasteiger partial charge in [0.2, 0.25) is 0 Å². The molecule has 0 aliphatic carbocycles. The molecule has 0 aliphatic rings. The molecule has 4 heteroatoms. The van der Waals surface area contributed by atoms with Crippen LogP contribution in [0.2, 0.25) is 0 Å². The van der Waals surface area contributed by atoms with E-state index in [4.69, 9.17) is 5.26 Å². The Hall–Kier alpha value is -1.34. The topological polar surface area (TPSA) is 61.8 Å². The number of aryl methyl sites for hydroxylation is 2. The van der Waals surface area contributed by atoms with Crippen molar-refractivity contribution in [1.29, 1.82) is 5.26 Å². The second kappa shape index (κ2) is 4.03. The van der Waals surface area contributed by atoms with Gasteiger partial charge in [-0.25, -0.2) is 0 Å². The number of aliphatic hydroxyl groups excluding tert-OH is 1. The number of hydrogen-bond donors (Lipinski definition) is 1. The number of nitrogens with zero attached hydrogens (tertiary/aromatic N) is 3. The van der Waals surface area contributed by atoms with Gasteiger partial charge < -0.3 is 5.11 Å². The van der Waals surface area contributed by atoms with Gasteiger partial charge in [0.1, 0.15) is 6.10 Å². The Bertz CT molecular complexity index is 391. The highest BCUT2D eigenvalue weighted by Gasteiger charge is 2.34. The Kier molecular flexibility index (Phi) is 3.15. The zero-order chi connectivity index (χ0) is 11.6. The van der Waals surface area contributed by atoms with Crippen LogP contribution in [0.3, 0.4) is 0 Å². The van der Waals surface area contributed by atoms with Crippen LogP contribution in [0.1, 0.15) is 37.6 Å². The smallest absolute Gasteiger partial charge is 0.101 e. The first-order valence-corrected chi connectivity index (χ1v) is 5.04. The molecule has 0 spiro atoms. The molecule has 1 rings (SSSR count). The average molecular weight is 207 g/mol. The number of aromatic nitrogens is 2. The Labute approximate surface area is 90.1 Å². The van der Waals surface area contributed by atoms with Crippen molar-refractivity contribution in [2.75, 3.05) is 0 Å². The third kappa shape index (κ3) is 2.02. The monoisotopic (exact) mass is 207 g/mol. The van der Waals surface area contributed by atoms with Gasteiger partial charge in [-0.15, -0.1) is 0 Å². The molecular weight excluding hydrogens is 190 g/mol. The largest absolute Gasteiger partial charge is 0.387 e. The minimum absolute atomic E-state index is 0.610. The zero-order valence-electron chi connectivity index (χ0n) is 9.65. The summed E-state index contributed by atoms with van der Waals surface area (Å²) in [6.07, 6.45) is 1.60. The normalized spacial score (nSPS) is 16.8. The minimum Gasteiger partial charge on any atom is -0.387 e. The maximum absolute atomic E-state index is 10.2. The molecule has 2 atom stereocenters. The molecule has 0 aromatic carbocycles. The lowest BCUT2D eigenvalue weighted by molar-refractivity contribution is 0.0716. The molecule has 0 amide bonds. The standard InChI is InChI=1S/C11H17N3O/c1-5-11(3,7-12)10(15)9-6-14(4)13-8(9)2/h6,10,15H,5H2,1-4H3. The van der Waals surface area contributed by atoms with E-state index in [9.17, 15) is 5.11 Å². The van der Waals surface area contributed by atoms with E-state index in [0.29, 0.717) is 6.42 Å². The molecule has 0 fully saturated rings. The summed E-state index contributed by atoms with van der Waals surface area (Å²) in [6.45, 7) is 5.51. The van der Waals surface area contributed by atoms with Crippen molar-refractivity contribution in [2.45, 2.75) is 33.3 Å². The van der Waals surface area contributed by atoms with Crippen LogP contribution < -0.4 is 0 Å². The van der Waals surface area contributed by atoms with E-state index in [-0.39, 0.29) is 0 Å². The first-order valence-electron chi connectivity index (χ1n) is 5.04. The number of nitriles is 1. The third-order valence-electron chi connectivity index (χ3n) is 2.94. The Morgan fingerprint density at radius 3 is 2.67 bits per heavy atom. The molecule has 1 heterocycles. The van der Waals surface area contributed by atoms with Crippen molar-refractivity contribution in [2.24, 2.45) is 12.5 Å². The van der Waals surface area contributed by atoms with Crippen LogP contribution >= 0.6 is 0 Å². The lowest BCUT2D eigenvalue weighted by Gasteiger charge is -2.25. The van der Waals surface area contributed by atoms with Crippen LogP contribution in [0.5, 0.6) is 0 Å². The van der Waals surface area contributed by atoms with Crippen molar-refractivity contribution in [3.63, 3.8) is 0 Å². The van der Waals surface area contributed by atoms with Crippen molar-refractivity contribution in [3.8, 4) is 6.07 Å². The van der Waals surface area contributed by atoms with Gasteiger partial charge in [-0.05, 0) is 20.3 Å². The predicted octanol–water partition coefficient (Wildman–Crippen LogP) is 1.70. The lowest BCUT2D eigenvalue weighted by Crippen LogP contribution is -2.23. The maximum Gasteiger partial charge on any atom is 0.101 e. The van der Waals surface area contributed by atoms with Crippen LogP contribution in [0, 0.1) is 23.7 Å². The summed E-state index contributed by atoms with van der Waals surface area (Å²) in [7, 11) is 1.80. The first kappa shape index (κ1) is 11.7. The van der Waals surface area contributed by atoms with Gasteiger partial charge in [0.15, 0.2) is 0 Å². The molecule has 0 aliphatic heterocycles. The van der Waals surface area contributed by atoms with Crippen molar-refractivity contribution in [3.05, 3.63) is 17.5 Å². The van der Waals surface area contributed by atoms with E-state index in [1.165, 1.54) is 0 Å². The summed E-state index contributed by atoms with van der Waals surface area (Å²) in [6, 6.07) is 2.18. The highest BCUT2D eigenvalue weighted by molar-refractivity contribution is 5.23. The fraction of sp³-hybridized carbons (Fsp3) is 0.636. The molecular formula is C11H17N3O. The summed E-state index contributed by atoms with van der Waals surface area (Å²) in [5.41, 5.74) is 0.775. The molecule has 2 unspecified atom stereocenters. The van der Waals surface area contributed by atoms with Crippen molar-refractivity contribution in [1.82, 2.24) is 9.78 Å². The fourth-order valence-electron chi connectivity index (χ4n) is 1.56. The predicted molar refractivity (Wildman–Crippen MR) is 56.9 cm³/mol. The number of aliphatic hydroxyl groups is 1. The Morgan fingerprint density at radius 1 is 1.73 bits per heavy atom. The fourth-order valence-corrected chi connectivity index (χ4v) is 1.56. The molecule has 0 saturated heterocycles. The van der Waals surface area contributed by atoms with Gasteiger partial charge >= 0.3 is 0 Å². The maximum atomic E-state index is 10.2. The van der Waals surface area contributed by atoms with E-state index in [0.717, 1.165) is 11.3 Å². The summed E-state index contributed by atoms with van der Waals surface area (Å²) >= 11 is 0. The third-order valence-corrected chi connectivity index (χ3v) is 2.94. The Morgan fingerprint density at radius 2 is 2.33 bits per heavy atom. The van der Waals surface area contributed by atoms with E-state index in [2.05, 4.69) is 11.2 Å². The van der Waals surface area contributed by atoms with Gasteiger partial charge in [-0.1, -0.05) is 6.92 Å². The molecule has 82 valence electrons. The van der Waals surface area contributed by atoms with Crippen LogP contribution in [-0.2, 0) is 7.05 Å². The first-order chi connectivity index (χ1) is 6.94. The Balaban J connectivity index is 3.09. The number of rotatable bonds is 3.